The van der Waals surface area contributed by atoms with Gasteiger partial charge in [0.1, 0.15) is 6.10 Å². The van der Waals surface area contributed by atoms with E-state index in [9.17, 15) is 4.79 Å². The van der Waals surface area contributed by atoms with Crippen molar-refractivity contribution in [3.63, 3.8) is 0 Å². The fraction of sp³-hybridized carbons (Fsp3) is 0.235. The average molecular weight is 252 g/mol. The lowest BCUT2D eigenvalue weighted by atomic mass is 9.94. The maximum Gasteiger partial charge on any atom is 0.310 e. The number of ether oxygens (including phenoxy) is 1. The lowest BCUT2D eigenvalue weighted by molar-refractivity contribution is -0.144. The van der Waals surface area contributed by atoms with E-state index < -0.39 is 0 Å². The number of hydrogen-bond donors (Lipinski definition) is 0. The highest BCUT2D eigenvalue weighted by molar-refractivity contribution is 5.75. The maximum atomic E-state index is 11.9. The molecule has 1 aliphatic rings. The van der Waals surface area contributed by atoms with Crippen LogP contribution in [0.3, 0.4) is 0 Å². The maximum absolute atomic E-state index is 11.9. The predicted octanol–water partition coefficient (Wildman–Crippen LogP) is 3.53. The Morgan fingerprint density at radius 1 is 0.947 bits per heavy atom. The van der Waals surface area contributed by atoms with Gasteiger partial charge in [-0.25, -0.2) is 0 Å². The Bertz CT molecular complexity index is 548. The summed E-state index contributed by atoms with van der Waals surface area (Å²) >= 11 is 0. The van der Waals surface area contributed by atoms with E-state index in [1.807, 2.05) is 48.5 Å². The molecule has 1 saturated heterocycles. The van der Waals surface area contributed by atoms with Gasteiger partial charge in [0.05, 0.1) is 5.92 Å². The molecule has 0 bridgehead atoms. The summed E-state index contributed by atoms with van der Waals surface area (Å²) in [5, 5.41) is 0. The molecule has 2 heteroatoms. The van der Waals surface area contributed by atoms with Crippen molar-refractivity contribution in [3.05, 3.63) is 71.8 Å². The Labute approximate surface area is 113 Å². The Morgan fingerprint density at radius 3 is 2.26 bits per heavy atom. The smallest absolute Gasteiger partial charge is 0.310 e. The minimum atomic E-state index is -0.0811. The largest absolute Gasteiger partial charge is 0.457 e. The molecule has 0 amide bonds. The second kappa shape index (κ2) is 5.27. The predicted molar refractivity (Wildman–Crippen MR) is 73.5 cm³/mol. The topological polar surface area (TPSA) is 26.3 Å². The molecule has 1 unspecified atom stereocenters. The molecular formula is C17H16O2. The van der Waals surface area contributed by atoms with Crippen LogP contribution in [0.15, 0.2) is 60.7 Å². The zero-order chi connectivity index (χ0) is 13.1. The minimum Gasteiger partial charge on any atom is -0.457 e. The van der Waals surface area contributed by atoms with Gasteiger partial charge < -0.3 is 4.74 Å². The van der Waals surface area contributed by atoms with E-state index in [0.717, 1.165) is 18.4 Å². The summed E-state index contributed by atoms with van der Waals surface area (Å²) < 4.78 is 5.49. The monoisotopic (exact) mass is 252 g/mol. The summed E-state index contributed by atoms with van der Waals surface area (Å²) in [5.74, 6) is -0.0923. The first-order chi connectivity index (χ1) is 9.33. The Kier molecular flexibility index (Phi) is 3.32. The second-order valence-electron chi connectivity index (χ2n) is 4.96. The molecule has 1 heterocycles. The first kappa shape index (κ1) is 12.0. The first-order valence-electron chi connectivity index (χ1n) is 6.62. The highest BCUT2D eigenvalue weighted by Gasteiger charge is 2.34. The summed E-state index contributed by atoms with van der Waals surface area (Å²) in [6.45, 7) is 0. The van der Waals surface area contributed by atoms with E-state index >= 15 is 0 Å². The van der Waals surface area contributed by atoms with Gasteiger partial charge >= 0.3 is 5.97 Å². The second-order valence-corrected chi connectivity index (χ2v) is 4.96. The molecular weight excluding hydrogens is 236 g/mol. The normalized spacial score (nSPS) is 22.2. The molecule has 1 fully saturated rings. The van der Waals surface area contributed by atoms with Gasteiger partial charge in [-0.05, 0) is 17.5 Å². The van der Waals surface area contributed by atoms with Crippen LogP contribution in [0.5, 0.6) is 0 Å². The molecule has 19 heavy (non-hydrogen) atoms. The van der Waals surface area contributed by atoms with E-state index in [1.165, 1.54) is 5.56 Å². The summed E-state index contributed by atoms with van der Waals surface area (Å²) in [4.78, 5) is 11.9. The van der Waals surface area contributed by atoms with Gasteiger partial charge in [-0.2, -0.15) is 0 Å². The van der Waals surface area contributed by atoms with Crippen LogP contribution >= 0.6 is 0 Å². The van der Waals surface area contributed by atoms with E-state index in [4.69, 9.17) is 4.74 Å². The number of hydrogen-bond acceptors (Lipinski definition) is 2. The molecule has 0 saturated carbocycles. The van der Waals surface area contributed by atoms with Gasteiger partial charge in [0.2, 0.25) is 0 Å². The first-order valence-corrected chi connectivity index (χ1v) is 6.62. The van der Waals surface area contributed by atoms with Gasteiger partial charge in [-0.1, -0.05) is 60.7 Å². The number of esters is 1. The summed E-state index contributed by atoms with van der Waals surface area (Å²) in [6.07, 6.45) is 1.46. The highest BCUT2D eigenvalue weighted by Crippen LogP contribution is 2.34. The molecule has 0 spiro atoms. The molecule has 0 N–H and O–H groups in total. The Morgan fingerprint density at radius 2 is 1.58 bits per heavy atom. The minimum absolute atomic E-state index is 0.0207. The summed E-state index contributed by atoms with van der Waals surface area (Å²) in [5.41, 5.74) is 2.28. The van der Waals surface area contributed by atoms with Gasteiger partial charge in [0.25, 0.3) is 0 Å². The number of rotatable bonds is 3. The van der Waals surface area contributed by atoms with Crippen molar-refractivity contribution in [2.45, 2.75) is 18.9 Å². The molecule has 2 atom stereocenters. The number of carbonyl (C=O) groups is 1. The molecule has 1 aliphatic heterocycles. The summed E-state index contributed by atoms with van der Waals surface area (Å²) in [6, 6.07) is 20.1. The van der Waals surface area contributed by atoms with Gasteiger partial charge in [-0.3, -0.25) is 4.79 Å². The zero-order valence-electron chi connectivity index (χ0n) is 10.7. The SMILES string of the molecule is O=C1OC(c2ccccc2)C[C@H]1Cc1ccccc1. The highest BCUT2D eigenvalue weighted by atomic mass is 16.5. The molecule has 2 aromatic rings. The third kappa shape index (κ3) is 2.68. The van der Waals surface area contributed by atoms with Crippen LogP contribution in [-0.2, 0) is 16.0 Å². The van der Waals surface area contributed by atoms with Crippen LogP contribution in [0.2, 0.25) is 0 Å². The molecule has 0 aromatic heterocycles. The molecule has 3 rings (SSSR count). The Hall–Kier alpha value is -2.09. The van der Waals surface area contributed by atoms with Crippen molar-refractivity contribution >= 4 is 5.97 Å². The lowest BCUT2D eigenvalue weighted by Crippen LogP contribution is -2.10. The van der Waals surface area contributed by atoms with Crippen LogP contribution in [0.1, 0.15) is 23.7 Å². The van der Waals surface area contributed by atoms with Crippen LogP contribution in [0, 0.1) is 5.92 Å². The fourth-order valence-electron chi connectivity index (χ4n) is 2.58. The lowest BCUT2D eigenvalue weighted by Gasteiger charge is -2.08. The molecule has 0 radical (unpaired) electrons. The molecule has 0 aliphatic carbocycles. The van der Waals surface area contributed by atoms with E-state index in [2.05, 4.69) is 12.1 Å². The van der Waals surface area contributed by atoms with Crippen LogP contribution in [0.4, 0.5) is 0 Å². The van der Waals surface area contributed by atoms with Crippen molar-refractivity contribution in [1.29, 1.82) is 0 Å². The van der Waals surface area contributed by atoms with Gasteiger partial charge in [-0.15, -0.1) is 0 Å². The van der Waals surface area contributed by atoms with Gasteiger partial charge in [0, 0.05) is 6.42 Å². The van der Waals surface area contributed by atoms with Crippen molar-refractivity contribution < 1.29 is 9.53 Å². The van der Waals surface area contributed by atoms with Crippen molar-refractivity contribution in [1.82, 2.24) is 0 Å². The van der Waals surface area contributed by atoms with Gasteiger partial charge in [0.15, 0.2) is 0 Å². The van der Waals surface area contributed by atoms with Crippen molar-refractivity contribution in [2.24, 2.45) is 5.92 Å². The van der Waals surface area contributed by atoms with E-state index in [1.54, 1.807) is 0 Å². The molecule has 2 aromatic carbocycles. The van der Waals surface area contributed by atoms with Crippen LogP contribution in [0.25, 0.3) is 0 Å². The van der Waals surface area contributed by atoms with Crippen molar-refractivity contribution in [2.75, 3.05) is 0 Å². The van der Waals surface area contributed by atoms with E-state index in [0.29, 0.717) is 0 Å². The fourth-order valence-corrected chi connectivity index (χ4v) is 2.58. The zero-order valence-corrected chi connectivity index (χ0v) is 10.7. The molecule has 2 nitrogen and oxygen atoms in total. The third-order valence-electron chi connectivity index (χ3n) is 3.59. The van der Waals surface area contributed by atoms with Crippen LogP contribution < -0.4 is 0 Å². The number of benzene rings is 2. The number of cyclic esters (lactones) is 1. The van der Waals surface area contributed by atoms with Crippen LogP contribution in [-0.4, -0.2) is 5.97 Å². The number of carbonyl (C=O) groups excluding carboxylic acids is 1. The summed E-state index contributed by atoms with van der Waals surface area (Å²) in [7, 11) is 0. The third-order valence-corrected chi connectivity index (χ3v) is 3.59. The standard InChI is InChI=1S/C17H16O2/c18-17-15(11-13-7-3-1-4-8-13)12-16(19-17)14-9-5-2-6-10-14/h1-10,15-16H,11-12H2/t15-,16?/m1/s1. The van der Waals surface area contributed by atoms with E-state index in [-0.39, 0.29) is 18.0 Å². The Balaban J connectivity index is 1.71. The molecule has 96 valence electrons. The quantitative estimate of drug-likeness (QED) is 0.781. The average Bonchev–Trinajstić information content (AvgIpc) is 2.82. The van der Waals surface area contributed by atoms with Crippen molar-refractivity contribution in [3.8, 4) is 0 Å².